The quantitative estimate of drug-likeness (QED) is 0.807. The smallest absolute Gasteiger partial charge is 0.227 e. The Morgan fingerprint density at radius 1 is 1.31 bits per heavy atom. The molecule has 140 valence electrons. The SMILES string of the molecule is Cc1noc(CCC(=O)NCC(c2ccc(F)cc2)N2CCOCC2)n1. The van der Waals surface area contributed by atoms with Gasteiger partial charge in [-0.15, -0.1) is 0 Å². The number of carbonyl (C=O) groups is 1. The summed E-state index contributed by atoms with van der Waals surface area (Å²) in [4.78, 5) is 18.5. The normalized spacial score (nSPS) is 16.4. The van der Waals surface area contributed by atoms with E-state index in [0.29, 0.717) is 37.9 Å². The molecule has 3 rings (SSSR count). The predicted octanol–water partition coefficient (Wildman–Crippen LogP) is 1.64. The molecular weight excluding hydrogens is 339 g/mol. The standard InChI is InChI=1S/C18H23FN4O3/c1-13-21-18(26-22-13)7-6-17(24)20-12-16(23-8-10-25-11-9-23)14-2-4-15(19)5-3-14/h2-5,16H,6-12H2,1H3,(H,20,24). The number of nitrogens with zero attached hydrogens (tertiary/aromatic N) is 3. The Balaban J connectivity index is 1.57. The highest BCUT2D eigenvalue weighted by Crippen LogP contribution is 2.21. The highest BCUT2D eigenvalue weighted by molar-refractivity contribution is 5.76. The topological polar surface area (TPSA) is 80.5 Å². The molecule has 1 aromatic carbocycles. The Morgan fingerprint density at radius 2 is 2.04 bits per heavy atom. The number of ether oxygens (including phenoxy) is 1. The van der Waals surface area contributed by atoms with Crippen molar-refractivity contribution >= 4 is 5.91 Å². The molecule has 1 atom stereocenters. The average Bonchev–Trinajstić information content (AvgIpc) is 3.08. The summed E-state index contributed by atoms with van der Waals surface area (Å²) >= 11 is 0. The fourth-order valence-electron chi connectivity index (χ4n) is 2.99. The van der Waals surface area contributed by atoms with Crippen molar-refractivity contribution in [3.63, 3.8) is 0 Å². The van der Waals surface area contributed by atoms with Crippen LogP contribution in [0.2, 0.25) is 0 Å². The summed E-state index contributed by atoms with van der Waals surface area (Å²) < 4.78 is 23.7. The van der Waals surface area contributed by atoms with Crippen molar-refractivity contribution in [3.8, 4) is 0 Å². The molecule has 1 saturated heterocycles. The number of aromatic nitrogens is 2. The number of hydrogen-bond acceptors (Lipinski definition) is 6. The number of amides is 1. The number of rotatable bonds is 7. The minimum Gasteiger partial charge on any atom is -0.379 e. The van der Waals surface area contributed by atoms with Gasteiger partial charge >= 0.3 is 0 Å². The summed E-state index contributed by atoms with van der Waals surface area (Å²) in [5.74, 6) is 0.666. The van der Waals surface area contributed by atoms with Gasteiger partial charge in [-0.25, -0.2) is 4.39 Å². The second kappa shape index (κ2) is 8.86. The van der Waals surface area contributed by atoms with Crippen molar-refractivity contribution in [2.45, 2.75) is 25.8 Å². The van der Waals surface area contributed by atoms with Crippen molar-refractivity contribution in [1.29, 1.82) is 0 Å². The van der Waals surface area contributed by atoms with E-state index in [1.807, 2.05) is 0 Å². The molecule has 1 N–H and O–H groups in total. The van der Waals surface area contributed by atoms with Gasteiger partial charge < -0.3 is 14.6 Å². The van der Waals surface area contributed by atoms with Gasteiger partial charge in [0.05, 0.1) is 19.3 Å². The maximum atomic E-state index is 13.2. The predicted molar refractivity (Wildman–Crippen MR) is 91.9 cm³/mol. The number of nitrogens with one attached hydrogen (secondary N) is 1. The van der Waals surface area contributed by atoms with Gasteiger partial charge in [0, 0.05) is 32.5 Å². The van der Waals surface area contributed by atoms with E-state index in [2.05, 4.69) is 20.4 Å². The van der Waals surface area contributed by atoms with E-state index in [1.54, 1.807) is 19.1 Å². The van der Waals surface area contributed by atoms with Gasteiger partial charge in [0.25, 0.3) is 0 Å². The Hall–Kier alpha value is -2.32. The second-order valence-corrected chi connectivity index (χ2v) is 6.26. The van der Waals surface area contributed by atoms with Crippen molar-refractivity contribution < 1.29 is 18.4 Å². The van der Waals surface area contributed by atoms with E-state index in [1.165, 1.54) is 12.1 Å². The summed E-state index contributed by atoms with van der Waals surface area (Å²) in [5.41, 5.74) is 0.973. The summed E-state index contributed by atoms with van der Waals surface area (Å²) in [7, 11) is 0. The molecule has 0 saturated carbocycles. The largest absolute Gasteiger partial charge is 0.379 e. The van der Waals surface area contributed by atoms with E-state index in [4.69, 9.17) is 9.26 Å². The fraction of sp³-hybridized carbons (Fsp3) is 0.500. The summed E-state index contributed by atoms with van der Waals surface area (Å²) in [6, 6.07) is 6.41. The molecule has 26 heavy (non-hydrogen) atoms. The van der Waals surface area contributed by atoms with Crippen LogP contribution in [0.3, 0.4) is 0 Å². The van der Waals surface area contributed by atoms with E-state index in [9.17, 15) is 9.18 Å². The van der Waals surface area contributed by atoms with Crippen LogP contribution in [-0.2, 0) is 16.0 Å². The maximum Gasteiger partial charge on any atom is 0.227 e. The Kier molecular flexibility index (Phi) is 6.30. The van der Waals surface area contributed by atoms with Crippen molar-refractivity contribution in [2.24, 2.45) is 0 Å². The van der Waals surface area contributed by atoms with E-state index < -0.39 is 0 Å². The van der Waals surface area contributed by atoms with Crippen LogP contribution in [0.15, 0.2) is 28.8 Å². The average molecular weight is 362 g/mol. The van der Waals surface area contributed by atoms with Crippen LogP contribution < -0.4 is 5.32 Å². The Morgan fingerprint density at radius 3 is 2.69 bits per heavy atom. The van der Waals surface area contributed by atoms with Crippen LogP contribution >= 0.6 is 0 Å². The highest BCUT2D eigenvalue weighted by Gasteiger charge is 2.23. The summed E-state index contributed by atoms with van der Waals surface area (Å²) in [6.07, 6.45) is 0.687. The lowest BCUT2D eigenvalue weighted by atomic mass is 10.0. The van der Waals surface area contributed by atoms with Gasteiger partial charge in [0.1, 0.15) is 5.82 Å². The Labute approximate surface area is 151 Å². The van der Waals surface area contributed by atoms with Gasteiger partial charge in [-0.05, 0) is 24.6 Å². The minimum atomic E-state index is -0.270. The molecule has 0 radical (unpaired) electrons. The van der Waals surface area contributed by atoms with E-state index in [0.717, 1.165) is 18.7 Å². The minimum absolute atomic E-state index is 0.0194. The number of morpholine rings is 1. The molecule has 0 bridgehead atoms. The Bertz CT molecular complexity index is 713. The van der Waals surface area contributed by atoms with Crippen molar-refractivity contribution in [2.75, 3.05) is 32.8 Å². The highest BCUT2D eigenvalue weighted by atomic mass is 19.1. The molecule has 1 aliphatic heterocycles. The van der Waals surface area contributed by atoms with Crippen molar-refractivity contribution in [3.05, 3.63) is 47.4 Å². The third-order valence-electron chi connectivity index (χ3n) is 4.37. The molecule has 1 unspecified atom stereocenters. The summed E-state index contributed by atoms with van der Waals surface area (Å²) in [5, 5.41) is 6.67. The van der Waals surface area contributed by atoms with Crippen LogP contribution in [-0.4, -0.2) is 53.8 Å². The number of benzene rings is 1. The van der Waals surface area contributed by atoms with Crippen LogP contribution in [0, 0.1) is 12.7 Å². The molecule has 8 heteroatoms. The van der Waals surface area contributed by atoms with Crippen molar-refractivity contribution in [1.82, 2.24) is 20.4 Å². The first-order valence-electron chi connectivity index (χ1n) is 8.75. The van der Waals surface area contributed by atoms with Crippen LogP contribution in [0.1, 0.15) is 29.7 Å². The van der Waals surface area contributed by atoms with Gasteiger partial charge in [-0.1, -0.05) is 17.3 Å². The van der Waals surface area contributed by atoms with E-state index in [-0.39, 0.29) is 24.2 Å². The molecule has 1 aliphatic rings. The number of aryl methyl sites for hydroxylation is 2. The van der Waals surface area contributed by atoms with Crippen LogP contribution in [0.5, 0.6) is 0 Å². The lowest BCUT2D eigenvalue weighted by Crippen LogP contribution is -2.43. The lowest BCUT2D eigenvalue weighted by molar-refractivity contribution is -0.121. The molecule has 7 nitrogen and oxygen atoms in total. The lowest BCUT2D eigenvalue weighted by Gasteiger charge is -2.35. The zero-order valence-corrected chi connectivity index (χ0v) is 14.8. The zero-order valence-electron chi connectivity index (χ0n) is 14.8. The molecule has 1 amide bonds. The van der Waals surface area contributed by atoms with Gasteiger partial charge in [0.2, 0.25) is 11.8 Å². The van der Waals surface area contributed by atoms with Gasteiger partial charge in [0.15, 0.2) is 5.82 Å². The zero-order chi connectivity index (χ0) is 18.4. The van der Waals surface area contributed by atoms with E-state index >= 15 is 0 Å². The van der Waals surface area contributed by atoms with Gasteiger partial charge in [-0.3, -0.25) is 9.69 Å². The number of halogens is 1. The first-order chi connectivity index (χ1) is 12.6. The first kappa shape index (κ1) is 18.5. The molecular formula is C18H23FN4O3. The molecule has 1 aromatic heterocycles. The molecule has 0 spiro atoms. The maximum absolute atomic E-state index is 13.2. The van der Waals surface area contributed by atoms with Crippen LogP contribution in [0.25, 0.3) is 0 Å². The molecule has 2 aromatic rings. The number of hydrogen-bond donors (Lipinski definition) is 1. The van der Waals surface area contributed by atoms with Gasteiger partial charge in [-0.2, -0.15) is 4.98 Å². The van der Waals surface area contributed by atoms with Crippen LogP contribution in [0.4, 0.5) is 4.39 Å². The molecule has 1 fully saturated rings. The molecule has 2 heterocycles. The molecule has 0 aliphatic carbocycles. The summed E-state index contributed by atoms with van der Waals surface area (Å²) in [6.45, 7) is 5.05. The fourth-order valence-corrected chi connectivity index (χ4v) is 2.99. The third-order valence-corrected chi connectivity index (χ3v) is 4.37. The third kappa shape index (κ3) is 5.09. The first-order valence-corrected chi connectivity index (χ1v) is 8.75. The second-order valence-electron chi connectivity index (χ2n) is 6.26. The number of carbonyl (C=O) groups excluding carboxylic acids is 1. The monoisotopic (exact) mass is 362 g/mol.